The quantitative estimate of drug-likeness (QED) is 0.849. The number of hydrogen-bond acceptors (Lipinski definition) is 2. The smallest absolute Gasteiger partial charge is 0.0881 e. The van der Waals surface area contributed by atoms with Gasteiger partial charge in [-0.15, -0.1) is 0 Å². The van der Waals surface area contributed by atoms with Crippen LogP contribution in [-0.4, -0.2) is 23.4 Å². The van der Waals surface area contributed by atoms with E-state index in [-0.39, 0.29) is 12.2 Å². The van der Waals surface area contributed by atoms with Crippen LogP contribution in [0.15, 0.2) is 30.3 Å². The Morgan fingerprint density at radius 2 is 1.88 bits per heavy atom. The third kappa shape index (κ3) is 2.24. The first kappa shape index (κ1) is 11.2. The SMILES string of the molecule is O[C@@H]1[C@@H]2CCCC[C@@H]2O[C@@H]1Cc1ccccc1. The monoisotopic (exact) mass is 232 g/mol. The zero-order valence-corrected chi connectivity index (χ0v) is 10.1. The maximum atomic E-state index is 10.3. The molecule has 0 radical (unpaired) electrons. The summed E-state index contributed by atoms with van der Waals surface area (Å²) in [6, 6.07) is 10.3. The van der Waals surface area contributed by atoms with Crippen LogP contribution in [0.5, 0.6) is 0 Å². The van der Waals surface area contributed by atoms with Gasteiger partial charge in [0.05, 0.1) is 18.3 Å². The fraction of sp³-hybridized carbons (Fsp3) is 0.600. The Morgan fingerprint density at radius 3 is 2.65 bits per heavy atom. The van der Waals surface area contributed by atoms with Crippen LogP contribution in [0, 0.1) is 5.92 Å². The molecule has 2 heteroatoms. The van der Waals surface area contributed by atoms with Crippen molar-refractivity contribution in [2.24, 2.45) is 5.92 Å². The van der Waals surface area contributed by atoms with Crippen molar-refractivity contribution in [2.75, 3.05) is 0 Å². The maximum absolute atomic E-state index is 10.3. The molecule has 3 rings (SSSR count). The van der Waals surface area contributed by atoms with Gasteiger partial charge >= 0.3 is 0 Å². The molecule has 1 aliphatic heterocycles. The summed E-state index contributed by atoms with van der Waals surface area (Å²) < 4.78 is 6.03. The second-order valence-corrected chi connectivity index (χ2v) is 5.34. The molecule has 2 aliphatic rings. The summed E-state index contributed by atoms with van der Waals surface area (Å²) in [6.07, 6.45) is 5.67. The predicted molar refractivity (Wildman–Crippen MR) is 66.8 cm³/mol. The van der Waals surface area contributed by atoms with Crippen LogP contribution in [-0.2, 0) is 11.2 Å². The molecule has 1 aromatic carbocycles. The van der Waals surface area contributed by atoms with E-state index in [1.165, 1.54) is 18.4 Å². The van der Waals surface area contributed by atoms with Crippen molar-refractivity contribution in [1.29, 1.82) is 0 Å². The lowest BCUT2D eigenvalue weighted by molar-refractivity contribution is 0.00540. The van der Waals surface area contributed by atoms with Gasteiger partial charge in [0.2, 0.25) is 0 Å². The molecule has 1 N–H and O–H groups in total. The highest BCUT2D eigenvalue weighted by Crippen LogP contribution is 2.38. The predicted octanol–water partition coefficient (Wildman–Crippen LogP) is 2.55. The molecule has 2 nitrogen and oxygen atoms in total. The van der Waals surface area contributed by atoms with Crippen LogP contribution in [0.1, 0.15) is 31.2 Å². The Bertz CT molecular complexity index is 362. The lowest BCUT2D eigenvalue weighted by Gasteiger charge is -2.24. The summed E-state index contributed by atoms with van der Waals surface area (Å²) >= 11 is 0. The molecule has 4 atom stereocenters. The molecule has 1 aromatic rings. The summed E-state index contributed by atoms with van der Waals surface area (Å²) in [5, 5.41) is 10.3. The number of rotatable bonds is 2. The first-order valence-corrected chi connectivity index (χ1v) is 6.72. The Kier molecular flexibility index (Phi) is 3.17. The minimum atomic E-state index is -0.263. The van der Waals surface area contributed by atoms with Crippen LogP contribution in [0.3, 0.4) is 0 Å². The van der Waals surface area contributed by atoms with Gasteiger partial charge in [-0.25, -0.2) is 0 Å². The lowest BCUT2D eigenvalue weighted by atomic mass is 9.83. The first-order chi connectivity index (χ1) is 8.34. The lowest BCUT2D eigenvalue weighted by Crippen LogP contribution is -2.30. The molecule has 0 unspecified atom stereocenters. The van der Waals surface area contributed by atoms with Crippen molar-refractivity contribution >= 4 is 0 Å². The normalized spacial score (nSPS) is 36.8. The van der Waals surface area contributed by atoms with Gasteiger partial charge in [0.15, 0.2) is 0 Å². The molecule has 92 valence electrons. The number of fused-ring (bicyclic) bond motifs is 1. The van der Waals surface area contributed by atoms with E-state index in [0.29, 0.717) is 12.0 Å². The van der Waals surface area contributed by atoms with Gasteiger partial charge in [0, 0.05) is 12.3 Å². The van der Waals surface area contributed by atoms with E-state index in [0.717, 1.165) is 19.3 Å². The average molecular weight is 232 g/mol. The number of aliphatic hydroxyl groups is 1. The summed E-state index contributed by atoms with van der Waals surface area (Å²) in [5.74, 6) is 0.387. The van der Waals surface area contributed by atoms with E-state index in [2.05, 4.69) is 12.1 Å². The van der Waals surface area contributed by atoms with Crippen LogP contribution in [0.2, 0.25) is 0 Å². The minimum absolute atomic E-state index is 0.00509. The van der Waals surface area contributed by atoms with Crippen molar-refractivity contribution in [3.63, 3.8) is 0 Å². The van der Waals surface area contributed by atoms with Crippen molar-refractivity contribution in [3.05, 3.63) is 35.9 Å². The Labute approximate surface area is 103 Å². The van der Waals surface area contributed by atoms with E-state index in [4.69, 9.17) is 4.74 Å². The molecule has 0 bridgehead atoms. The topological polar surface area (TPSA) is 29.5 Å². The van der Waals surface area contributed by atoms with Gasteiger partial charge in [-0.2, -0.15) is 0 Å². The second kappa shape index (κ2) is 4.79. The molecule has 2 fully saturated rings. The fourth-order valence-electron chi connectivity index (χ4n) is 3.28. The van der Waals surface area contributed by atoms with Crippen molar-refractivity contribution in [2.45, 2.75) is 50.4 Å². The number of aliphatic hydroxyl groups excluding tert-OH is 1. The first-order valence-electron chi connectivity index (χ1n) is 6.72. The van der Waals surface area contributed by atoms with E-state index >= 15 is 0 Å². The zero-order valence-electron chi connectivity index (χ0n) is 10.1. The van der Waals surface area contributed by atoms with Gasteiger partial charge < -0.3 is 9.84 Å². The van der Waals surface area contributed by atoms with E-state index in [1.807, 2.05) is 18.2 Å². The summed E-state index contributed by atoms with van der Waals surface area (Å²) in [7, 11) is 0. The average Bonchev–Trinajstić information content (AvgIpc) is 2.68. The fourth-order valence-corrected chi connectivity index (χ4v) is 3.28. The van der Waals surface area contributed by atoms with Gasteiger partial charge in [0.1, 0.15) is 0 Å². The Morgan fingerprint density at radius 1 is 1.12 bits per heavy atom. The molecule has 17 heavy (non-hydrogen) atoms. The summed E-state index contributed by atoms with van der Waals surface area (Å²) in [6.45, 7) is 0. The van der Waals surface area contributed by atoms with Crippen LogP contribution in [0.25, 0.3) is 0 Å². The highest BCUT2D eigenvalue weighted by Gasteiger charge is 2.43. The van der Waals surface area contributed by atoms with Crippen LogP contribution >= 0.6 is 0 Å². The van der Waals surface area contributed by atoms with E-state index < -0.39 is 0 Å². The number of ether oxygens (including phenoxy) is 1. The maximum Gasteiger partial charge on any atom is 0.0881 e. The number of hydrogen-bond donors (Lipinski definition) is 1. The van der Waals surface area contributed by atoms with Crippen LogP contribution < -0.4 is 0 Å². The second-order valence-electron chi connectivity index (χ2n) is 5.34. The van der Waals surface area contributed by atoms with Crippen molar-refractivity contribution in [1.82, 2.24) is 0 Å². The van der Waals surface area contributed by atoms with Crippen molar-refractivity contribution < 1.29 is 9.84 Å². The van der Waals surface area contributed by atoms with E-state index in [9.17, 15) is 5.11 Å². The largest absolute Gasteiger partial charge is 0.390 e. The molecular weight excluding hydrogens is 212 g/mol. The van der Waals surface area contributed by atoms with Gasteiger partial charge in [-0.05, 0) is 18.4 Å². The Hall–Kier alpha value is -0.860. The molecule has 1 saturated heterocycles. The standard InChI is InChI=1S/C15H20O2/c16-15-12-8-4-5-9-13(12)17-14(15)10-11-6-2-1-3-7-11/h1-3,6-7,12-16H,4-5,8-10H2/t12-,13+,14-,15-/m1/s1. The molecule has 0 spiro atoms. The summed E-state index contributed by atoms with van der Waals surface area (Å²) in [5.41, 5.74) is 1.26. The molecule has 0 amide bonds. The van der Waals surface area contributed by atoms with E-state index in [1.54, 1.807) is 0 Å². The molecule has 0 aromatic heterocycles. The highest BCUT2D eigenvalue weighted by atomic mass is 16.5. The zero-order chi connectivity index (χ0) is 11.7. The number of benzene rings is 1. The Balaban J connectivity index is 1.68. The third-order valence-electron chi connectivity index (χ3n) is 4.20. The third-order valence-corrected chi connectivity index (χ3v) is 4.20. The molecule has 1 heterocycles. The molecule has 1 saturated carbocycles. The highest BCUT2D eigenvalue weighted by molar-refractivity contribution is 5.16. The summed E-state index contributed by atoms with van der Waals surface area (Å²) in [4.78, 5) is 0. The molecular formula is C15H20O2. The molecule has 1 aliphatic carbocycles. The van der Waals surface area contributed by atoms with Crippen LogP contribution in [0.4, 0.5) is 0 Å². The van der Waals surface area contributed by atoms with Gasteiger partial charge in [-0.3, -0.25) is 0 Å². The minimum Gasteiger partial charge on any atom is -0.390 e. The van der Waals surface area contributed by atoms with Gasteiger partial charge in [0.25, 0.3) is 0 Å². The van der Waals surface area contributed by atoms with Crippen molar-refractivity contribution in [3.8, 4) is 0 Å². The van der Waals surface area contributed by atoms with Gasteiger partial charge in [-0.1, -0.05) is 43.2 Å².